The first-order valence-electron chi connectivity index (χ1n) is 5.01. The van der Waals surface area contributed by atoms with Crippen molar-refractivity contribution in [2.75, 3.05) is 0 Å². The summed E-state index contributed by atoms with van der Waals surface area (Å²) in [5, 5.41) is 1.24. The van der Waals surface area contributed by atoms with Crippen molar-refractivity contribution in [3.63, 3.8) is 0 Å². The third-order valence-electron chi connectivity index (χ3n) is 2.68. The lowest BCUT2D eigenvalue weighted by molar-refractivity contribution is 0.514. The maximum absolute atomic E-state index is 6.08. The predicted molar refractivity (Wildman–Crippen MR) is 60.1 cm³/mol. The second-order valence-electron chi connectivity index (χ2n) is 4.09. The number of nitrogens with one attached hydrogen (secondary N) is 1. The lowest BCUT2D eigenvalue weighted by Crippen LogP contribution is -2.16. The zero-order valence-electron chi connectivity index (χ0n) is 8.62. The van der Waals surface area contributed by atoms with Crippen molar-refractivity contribution >= 4 is 10.9 Å². The van der Waals surface area contributed by atoms with Crippen LogP contribution < -0.4 is 5.73 Å². The number of rotatable bonds is 2. The minimum absolute atomic E-state index is 0.127. The van der Waals surface area contributed by atoms with Gasteiger partial charge in [-0.2, -0.15) is 0 Å². The number of nitrogens with two attached hydrogens (primary N) is 1. The summed E-state index contributed by atoms with van der Waals surface area (Å²) in [6.45, 7) is 4.28. The maximum atomic E-state index is 6.08. The Morgan fingerprint density at radius 2 is 2.00 bits per heavy atom. The van der Waals surface area contributed by atoms with Crippen molar-refractivity contribution < 1.29 is 0 Å². The van der Waals surface area contributed by atoms with Gasteiger partial charge in [0.2, 0.25) is 0 Å². The molecule has 0 saturated carbocycles. The standard InChI is InChI=1S/C12H16N2/c1-8(2)12(13)10-4-3-9-5-6-14-11(9)7-10/h3-8,12,14H,13H2,1-2H3. The molecule has 2 heteroatoms. The Morgan fingerprint density at radius 1 is 1.21 bits per heavy atom. The van der Waals surface area contributed by atoms with Crippen LogP contribution in [-0.2, 0) is 0 Å². The van der Waals surface area contributed by atoms with Gasteiger partial charge in [0.25, 0.3) is 0 Å². The molecule has 1 heterocycles. The van der Waals surface area contributed by atoms with E-state index in [1.165, 1.54) is 16.5 Å². The van der Waals surface area contributed by atoms with Crippen molar-refractivity contribution in [1.82, 2.24) is 4.98 Å². The van der Waals surface area contributed by atoms with Crippen molar-refractivity contribution in [1.29, 1.82) is 0 Å². The van der Waals surface area contributed by atoms with Crippen LogP contribution in [-0.4, -0.2) is 4.98 Å². The number of hydrogen-bond acceptors (Lipinski definition) is 1. The summed E-state index contributed by atoms with van der Waals surface area (Å²) in [4.78, 5) is 3.20. The van der Waals surface area contributed by atoms with E-state index in [1.54, 1.807) is 0 Å². The fraction of sp³-hybridized carbons (Fsp3) is 0.333. The first-order valence-corrected chi connectivity index (χ1v) is 5.01. The SMILES string of the molecule is CC(C)C(N)c1ccc2cc[nH]c2c1. The predicted octanol–water partition coefficient (Wildman–Crippen LogP) is 2.82. The van der Waals surface area contributed by atoms with Crippen molar-refractivity contribution in [3.8, 4) is 0 Å². The second-order valence-corrected chi connectivity index (χ2v) is 4.09. The molecule has 0 spiro atoms. The highest BCUT2D eigenvalue weighted by Crippen LogP contribution is 2.22. The van der Waals surface area contributed by atoms with Crippen molar-refractivity contribution in [2.24, 2.45) is 11.7 Å². The molecule has 0 radical (unpaired) electrons. The molecule has 0 fully saturated rings. The Kier molecular flexibility index (Phi) is 2.30. The quantitative estimate of drug-likeness (QED) is 0.747. The van der Waals surface area contributed by atoms with Gasteiger partial charge in [-0.3, -0.25) is 0 Å². The maximum Gasteiger partial charge on any atom is 0.0457 e. The van der Waals surface area contributed by atoms with Crippen LogP contribution in [0.2, 0.25) is 0 Å². The second kappa shape index (κ2) is 3.46. The molecule has 0 aliphatic carbocycles. The van der Waals surface area contributed by atoms with Gasteiger partial charge < -0.3 is 10.7 Å². The van der Waals surface area contributed by atoms with Gasteiger partial charge in [0.05, 0.1) is 0 Å². The zero-order chi connectivity index (χ0) is 10.1. The van der Waals surface area contributed by atoms with E-state index in [-0.39, 0.29) is 6.04 Å². The molecule has 3 N–H and O–H groups in total. The number of benzene rings is 1. The van der Waals surface area contributed by atoms with Gasteiger partial charge in [-0.15, -0.1) is 0 Å². The van der Waals surface area contributed by atoms with Crippen LogP contribution in [0.15, 0.2) is 30.5 Å². The van der Waals surface area contributed by atoms with Crippen molar-refractivity contribution in [2.45, 2.75) is 19.9 Å². The normalized spacial score (nSPS) is 13.7. The van der Waals surface area contributed by atoms with Gasteiger partial charge in [0, 0.05) is 17.8 Å². The molecule has 0 aliphatic heterocycles. The van der Waals surface area contributed by atoms with Gasteiger partial charge in [-0.05, 0) is 29.0 Å². The van der Waals surface area contributed by atoms with E-state index in [4.69, 9.17) is 5.73 Å². The van der Waals surface area contributed by atoms with Gasteiger partial charge in [0.1, 0.15) is 0 Å². The molecular weight excluding hydrogens is 172 g/mol. The van der Waals surface area contributed by atoms with E-state index >= 15 is 0 Å². The molecule has 0 bridgehead atoms. The van der Waals surface area contributed by atoms with Crippen LogP contribution in [0.1, 0.15) is 25.5 Å². The van der Waals surface area contributed by atoms with Crippen LogP contribution in [0, 0.1) is 5.92 Å². The fourth-order valence-electron chi connectivity index (χ4n) is 1.66. The largest absolute Gasteiger partial charge is 0.361 e. The van der Waals surface area contributed by atoms with E-state index in [1.807, 2.05) is 6.20 Å². The molecule has 2 rings (SSSR count). The van der Waals surface area contributed by atoms with E-state index in [0.29, 0.717) is 5.92 Å². The molecule has 0 aliphatic rings. The highest BCUT2D eigenvalue weighted by molar-refractivity contribution is 5.79. The van der Waals surface area contributed by atoms with Gasteiger partial charge in [0.15, 0.2) is 0 Å². The van der Waals surface area contributed by atoms with Gasteiger partial charge in [-0.1, -0.05) is 26.0 Å². The third-order valence-corrected chi connectivity index (χ3v) is 2.68. The molecule has 1 aromatic heterocycles. The average molecular weight is 188 g/mol. The summed E-state index contributed by atoms with van der Waals surface area (Å²) in [5.41, 5.74) is 8.45. The lowest BCUT2D eigenvalue weighted by atomic mass is 9.96. The number of aromatic amines is 1. The highest BCUT2D eigenvalue weighted by Gasteiger charge is 2.10. The minimum Gasteiger partial charge on any atom is -0.361 e. The van der Waals surface area contributed by atoms with E-state index in [2.05, 4.69) is 43.1 Å². The Morgan fingerprint density at radius 3 is 2.71 bits per heavy atom. The van der Waals surface area contributed by atoms with Crippen LogP contribution in [0.4, 0.5) is 0 Å². The minimum atomic E-state index is 0.127. The van der Waals surface area contributed by atoms with E-state index in [9.17, 15) is 0 Å². The molecule has 0 amide bonds. The Hall–Kier alpha value is -1.28. The monoisotopic (exact) mass is 188 g/mol. The molecule has 74 valence electrons. The van der Waals surface area contributed by atoms with Gasteiger partial charge in [-0.25, -0.2) is 0 Å². The summed E-state index contributed by atoms with van der Waals surface area (Å²) >= 11 is 0. The zero-order valence-corrected chi connectivity index (χ0v) is 8.62. The summed E-state index contributed by atoms with van der Waals surface area (Å²) in [7, 11) is 0. The van der Waals surface area contributed by atoms with E-state index < -0.39 is 0 Å². The smallest absolute Gasteiger partial charge is 0.0457 e. The summed E-state index contributed by atoms with van der Waals surface area (Å²) < 4.78 is 0. The lowest BCUT2D eigenvalue weighted by Gasteiger charge is -2.15. The summed E-state index contributed by atoms with van der Waals surface area (Å²) in [6.07, 6.45) is 1.95. The Bertz CT molecular complexity index is 429. The number of aromatic nitrogens is 1. The molecular formula is C12H16N2. The van der Waals surface area contributed by atoms with Crippen LogP contribution in [0.3, 0.4) is 0 Å². The number of fused-ring (bicyclic) bond motifs is 1. The topological polar surface area (TPSA) is 41.8 Å². The number of H-pyrrole nitrogens is 1. The first kappa shape index (κ1) is 9.28. The fourth-order valence-corrected chi connectivity index (χ4v) is 1.66. The van der Waals surface area contributed by atoms with Crippen molar-refractivity contribution in [3.05, 3.63) is 36.0 Å². The van der Waals surface area contributed by atoms with Crippen LogP contribution in [0.25, 0.3) is 10.9 Å². The number of hydrogen-bond donors (Lipinski definition) is 2. The molecule has 14 heavy (non-hydrogen) atoms. The first-order chi connectivity index (χ1) is 6.68. The summed E-state index contributed by atoms with van der Waals surface area (Å²) in [5.74, 6) is 0.474. The van der Waals surface area contributed by atoms with Gasteiger partial charge >= 0.3 is 0 Å². The molecule has 0 saturated heterocycles. The molecule has 1 aromatic carbocycles. The van der Waals surface area contributed by atoms with Crippen LogP contribution >= 0.6 is 0 Å². The van der Waals surface area contributed by atoms with Crippen LogP contribution in [0.5, 0.6) is 0 Å². The van der Waals surface area contributed by atoms with E-state index in [0.717, 1.165) is 0 Å². The third kappa shape index (κ3) is 1.53. The highest BCUT2D eigenvalue weighted by atomic mass is 14.7. The summed E-state index contributed by atoms with van der Waals surface area (Å²) in [6, 6.07) is 8.56. The average Bonchev–Trinajstić information content (AvgIpc) is 2.62. The molecule has 1 atom stereocenters. The molecule has 2 nitrogen and oxygen atoms in total. The molecule has 2 aromatic rings. The molecule has 1 unspecified atom stereocenters. The Balaban J connectivity index is 2.43. The Labute approximate surface area is 84.1 Å².